The molecule has 3 aromatic rings. The zero-order valence-corrected chi connectivity index (χ0v) is 19.7. The van der Waals surface area contributed by atoms with E-state index in [-0.39, 0.29) is 5.56 Å². The molecule has 0 amide bonds. The summed E-state index contributed by atoms with van der Waals surface area (Å²) in [7, 11) is 0. The van der Waals surface area contributed by atoms with E-state index in [1.54, 1.807) is 56.3 Å². The summed E-state index contributed by atoms with van der Waals surface area (Å²) >= 11 is 0.774. The van der Waals surface area contributed by atoms with E-state index in [1.165, 1.54) is 12.3 Å². The van der Waals surface area contributed by atoms with Gasteiger partial charge in [-0.15, -0.1) is 0 Å². The van der Waals surface area contributed by atoms with E-state index in [0.29, 0.717) is 16.7 Å². The van der Waals surface area contributed by atoms with Gasteiger partial charge in [0.15, 0.2) is 11.4 Å². The predicted octanol–water partition coefficient (Wildman–Crippen LogP) is 1.54. The molecule has 35 heavy (non-hydrogen) atoms. The molecule has 180 valence electrons. The normalized spacial score (nSPS) is 27.8. The maximum Gasteiger partial charge on any atom is 0.331 e. The van der Waals surface area contributed by atoms with Gasteiger partial charge < -0.3 is 14.9 Å². The number of fused-ring (bicyclic) bond motifs is 1. The van der Waals surface area contributed by atoms with Crippen molar-refractivity contribution < 1.29 is 24.5 Å². The lowest BCUT2D eigenvalue weighted by Crippen LogP contribution is -2.63. The van der Waals surface area contributed by atoms with Gasteiger partial charge in [-0.3, -0.25) is 23.9 Å². The number of aryl methyl sites for hydroxylation is 2. The molecule has 0 spiro atoms. The van der Waals surface area contributed by atoms with Gasteiger partial charge in [-0.2, -0.15) is 0 Å². The lowest BCUT2D eigenvalue weighted by Gasteiger charge is -2.48. The van der Waals surface area contributed by atoms with Crippen molar-refractivity contribution in [3.05, 3.63) is 104 Å². The number of hydrogen-bond acceptors (Lipinski definition) is 8. The number of nitrogens with one attached hydrogen (secondary N) is 1. The first-order valence-corrected chi connectivity index (χ1v) is 11.7. The fraction of sp³-hybridized carbons (Fsp3) is 0.280. The first-order chi connectivity index (χ1) is 16.5. The highest BCUT2D eigenvalue weighted by Gasteiger charge is 2.83. The van der Waals surface area contributed by atoms with Crippen molar-refractivity contribution in [2.75, 3.05) is 0 Å². The van der Waals surface area contributed by atoms with Crippen LogP contribution in [0.25, 0.3) is 0 Å². The van der Waals surface area contributed by atoms with Crippen molar-refractivity contribution in [3.8, 4) is 0 Å². The van der Waals surface area contributed by atoms with E-state index < -0.39 is 50.9 Å². The predicted molar refractivity (Wildman–Crippen MR) is 127 cm³/mol. The Labute approximate surface area is 203 Å². The summed E-state index contributed by atoms with van der Waals surface area (Å²) in [5.41, 5.74) is -2.13. The van der Waals surface area contributed by atoms with Gasteiger partial charge in [0, 0.05) is 24.2 Å². The molecule has 0 radical (unpaired) electrons. The number of aliphatic hydroxyl groups is 2. The van der Waals surface area contributed by atoms with Gasteiger partial charge >= 0.3 is 5.69 Å². The van der Waals surface area contributed by atoms with E-state index in [4.69, 9.17) is 4.74 Å². The molecule has 3 saturated heterocycles. The monoisotopic (exact) mass is 494 g/mol. The molecule has 0 aliphatic carbocycles. The molecule has 9 nitrogen and oxygen atoms in total. The second kappa shape index (κ2) is 7.85. The number of carbonyl (C=O) groups excluding carboxylic acids is 2. The van der Waals surface area contributed by atoms with Crippen LogP contribution in [0.1, 0.15) is 39.6 Å². The molecule has 6 rings (SSSR count). The van der Waals surface area contributed by atoms with Crippen LogP contribution in [0.3, 0.4) is 0 Å². The molecule has 2 bridgehead atoms. The Kier molecular flexibility index (Phi) is 5.26. The maximum absolute atomic E-state index is 13.8. The fourth-order valence-corrected chi connectivity index (χ4v) is 6.55. The van der Waals surface area contributed by atoms with Crippen LogP contribution in [0, 0.1) is 13.8 Å². The van der Waals surface area contributed by atoms with Crippen molar-refractivity contribution >= 4 is 23.3 Å². The zero-order valence-electron chi connectivity index (χ0n) is 18.8. The Morgan fingerprint density at radius 1 is 1.06 bits per heavy atom. The van der Waals surface area contributed by atoms with Gasteiger partial charge in [0.05, 0.1) is 0 Å². The summed E-state index contributed by atoms with van der Waals surface area (Å²) in [5, 5.41) is 21.3. The van der Waals surface area contributed by atoms with Gasteiger partial charge in [0.25, 0.3) is 5.56 Å². The fourth-order valence-electron chi connectivity index (χ4n) is 4.81. The average Bonchev–Trinajstić information content (AvgIpc) is 3.23. The topological polar surface area (TPSA) is 139 Å². The van der Waals surface area contributed by atoms with Gasteiger partial charge in [-0.1, -0.05) is 60.3 Å². The Morgan fingerprint density at radius 3 is 2.31 bits per heavy atom. The molecule has 0 saturated carbocycles. The first-order valence-electron chi connectivity index (χ1n) is 10.9. The third-order valence-corrected chi connectivity index (χ3v) is 8.30. The van der Waals surface area contributed by atoms with E-state index in [2.05, 4.69) is 4.98 Å². The summed E-state index contributed by atoms with van der Waals surface area (Å²) in [4.78, 5) is 51.6. The quantitative estimate of drug-likeness (QED) is 0.439. The van der Waals surface area contributed by atoms with Crippen molar-refractivity contribution in [2.45, 2.75) is 42.0 Å². The van der Waals surface area contributed by atoms with Gasteiger partial charge in [0.1, 0.15) is 6.10 Å². The Hall–Kier alpha value is -3.31. The highest BCUT2D eigenvalue weighted by molar-refractivity contribution is 8.03. The van der Waals surface area contributed by atoms with Crippen molar-refractivity contribution in [2.24, 2.45) is 0 Å². The largest absolute Gasteiger partial charge is 0.380 e. The highest BCUT2D eigenvalue weighted by Crippen LogP contribution is 2.72. The smallest absolute Gasteiger partial charge is 0.331 e. The van der Waals surface area contributed by atoms with Crippen LogP contribution in [0.5, 0.6) is 0 Å². The van der Waals surface area contributed by atoms with Crippen molar-refractivity contribution in [1.29, 1.82) is 0 Å². The van der Waals surface area contributed by atoms with Crippen LogP contribution in [0.4, 0.5) is 0 Å². The van der Waals surface area contributed by atoms with E-state index in [1.807, 2.05) is 0 Å². The standard InChI is InChI=1S/C25H22N2O7S/c1-14-7-3-5-9-16(14)19(29)21(31)25-23(33,20(30)17-10-6-4-8-15(17)2)13-24(34-25,35-25)27-12-11-18(28)26-22(27)32/h3-12,19,29,33H,13H2,1-2H3,(H,26,28,32)/t19?,23-,24+,25+/m1/s1. The summed E-state index contributed by atoms with van der Waals surface area (Å²) in [6, 6.07) is 14.4. The Bertz CT molecular complexity index is 1490. The van der Waals surface area contributed by atoms with Crippen LogP contribution in [0.15, 0.2) is 70.4 Å². The zero-order chi connectivity index (χ0) is 25.2. The first kappa shape index (κ1) is 23.4. The van der Waals surface area contributed by atoms with Gasteiger partial charge in [-0.05, 0) is 30.5 Å². The second-order valence-corrected chi connectivity index (χ2v) is 10.2. The van der Waals surface area contributed by atoms with Gasteiger partial charge in [0.2, 0.25) is 15.8 Å². The molecule has 10 heteroatoms. The third-order valence-electron chi connectivity index (χ3n) is 6.64. The number of rotatable bonds is 6. The average molecular weight is 495 g/mol. The molecule has 4 heterocycles. The summed E-state index contributed by atoms with van der Waals surface area (Å²) in [6.45, 7) is 3.42. The minimum Gasteiger partial charge on any atom is -0.380 e. The molecule has 3 N–H and O–H groups in total. The highest BCUT2D eigenvalue weighted by atomic mass is 32.2. The van der Waals surface area contributed by atoms with E-state index in [0.717, 1.165) is 22.4 Å². The molecule has 4 atom stereocenters. The number of thioether (sulfide) groups is 1. The molecule has 3 fully saturated rings. The molecule has 3 aliphatic rings. The van der Waals surface area contributed by atoms with Crippen LogP contribution in [-0.4, -0.2) is 41.9 Å². The maximum atomic E-state index is 13.8. The second-order valence-electron chi connectivity index (χ2n) is 8.82. The lowest BCUT2D eigenvalue weighted by atomic mass is 9.81. The summed E-state index contributed by atoms with van der Waals surface area (Å²) < 4.78 is 7.03. The number of aliphatic hydroxyl groups excluding tert-OH is 1. The van der Waals surface area contributed by atoms with Crippen LogP contribution >= 0.6 is 11.8 Å². The van der Waals surface area contributed by atoms with Crippen molar-refractivity contribution in [1.82, 2.24) is 9.55 Å². The number of benzene rings is 2. The molecule has 3 aliphatic heterocycles. The van der Waals surface area contributed by atoms with Crippen molar-refractivity contribution in [3.63, 3.8) is 0 Å². The number of nitrogens with zero attached hydrogens (tertiary/aromatic N) is 1. The van der Waals surface area contributed by atoms with Crippen LogP contribution in [0.2, 0.25) is 0 Å². The van der Waals surface area contributed by atoms with Crippen LogP contribution < -0.4 is 11.2 Å². The lowest BCUT2D eigenvalue weighted by molar-refractivity contribution is -0.166. The number of ketones is 2. The number of carbonyl (C=O) groups is 2. The SMILES string of the molecule is Cc1ccccc1C(=O)[C@]1(O)C[C@]2(n3ccc(=O)[nH]c3=O)O[C@@]1(C(=O)C(O)c1ccccc1C)S2. The number of ether oxygens (including phenoxy) is 1. The number of H-pyrrole nitrogens is 1. The minimum atomic E-state index is -2.40. The van der Waals surface area contributed by atoms with Gasteiger partial charge in [-0.25, -0.2) is 4.79 Å². The number of Topliss-reactive ketones (excluding diaryl/α,β-unsaturated/α-hetero) is 2. The summed E-state index contributed by atoms with van der Waals surface area (Å²) in [5.74, 6) is -1.67. The molecule has 1 unspecified atom stereocenters. The molecular weight excluding hydrogens is 472 g/mol. The number of aromatic nitrogens is 2. The molecule has 2 aromatic carbocycles. The Balaban J connectivity index is 1.64. The van der Waals surface area contributed by atoms with E-state index in [9.17, 15) is 29.4 Å². The summed E-state index contributed by atoms with van der Waals surface area (Å²) in [6.07, 6.45) is -0.955. The number of hydrogen-bond donors (Lipinski definition) is 3. The van der Waals surface area contributed by atoms with Crippen LogP contribution in [-0.2, 0) is 14.6 Å². The molecular formula is C25H22N2O7S. The number of aromatic amines is 1. The Morgan fingerprint density at radius 2 is 1.69 bits per heavy atom. The minimum absolute atomic E-state index is 0.188. The molecule has 1 aromatic heterocycles. The van der Waals surface area contributed by atoms with E-state index >= 15 is 0 Å². The third kappa shape index (κ3) is 3.21.